The maximum absolute atomic E-state index is 5.89. The normalized spacial score (nSPS) is 20.8. The van der Waals surface area contributed by atoms with Gasteiger partial charge in [0.2, 0.25) is 17.8 Å². The Hall–Kier alpha value is -1.24. The molecule has 0 spiro atoms. The van der Waals surface area contributed by atoms with Gasteiger partial charge in [-0.15, -0.1) is 0 Å². The SMILES string of the molecule is Nc1nc(N2CCCCC2)nc(N2CCCSCC2)n1. The highest BCUT2D eigenvalue weighted by atomic mass is 32.2. The van der Waals surface area contributed by atoms with Gasteiger partial charge >= 0.3 is 0 Å². The second-order valence-electron chi connectivity index (χ2n) is 5.29. The quantitative estimate of drug-likeness (QED) is 0.883. The third kappa shape index (κ3) is 3.26. The van der Waals surface area contributed by atoms with Gasteiger partial charge in [-0.3, -0.25) is 0 Å². The molecule has 20 heavy (non-hydrogen) atoms. The molecule has 2 saturated heterocycles. The van der Waals surface area contributed by atoms with Crippen molar-refractivity contribution >= 4 is 29.6 Å². The van der Waals surface area contributed by atoms with Gasteiger partial charge in [-0.25, -0.2) is 0 Å². The molecular formula is C13H22N6S. The standard InChI is InChI=1S/C13H22N6S/c14-11-15-12(18-5-2-1-3-6-18)17-13(16-11)19-7-4-9-20-10-8-19/h1-10H2,(H2,14,15,16,17). The van der Waals surface area contributed by atoms with E-state index in [1.54, 1.807) is 0 Å². The summed E-state index contributed by atoms with van der Waals surface area (Å²) in [5, 5.41) is 0. The number of nitrogens with two attached hydrogens (primary N) is 1. The Morgan fingerprint density at radius 2 is 1.40 bits per heavy atom. The van der Waals surface area contributed by atoms with Crippen LogP contribution >= 0.6 is 11.8 Å². The number of thioether (sulfide) groups is 1. The first-order valence-electron chi connectivity index (χ1n) is 7.42. The zero-order valence-corrected chi connectivity index (χ0v) is 12.6. The first kappa shape index (κ1) is 13.7. The largest absolute Gasteiger partial charge is 0.368 e. The first-order valence-corrected chi connectivity index (χ1v) is 8.57. The predicted octanol–water partition coefficient (Wildman–Crippen LogP) is 1.39. The fraction of sp³-hybridized carbons (Fsp3) is 0.769. The van der Waals surface area contributed by atoms with Crippen LogP contribution in [0.15, 0.2) is 0 Å². The molecule has 0 saturated carbocycles. The molecular weight excluding hydrogens is 272 g/mol. The predicted molar refractivity (Wildman–Crippen MR) is 84.5 cm³/mol. The van der Waals surface area contributed by atoms with Crippen molar-refractivity contribution in [1.29, 1.82) is 0 Å². The number of nitrogens with zero attached hydrogens (tertiary/aromatic N) is 5. The summed E-state index contributed by atoms with van der Waals surface area (Å²) in [5.41, 5.74) is 5.89. The lowest BCUT2D eigenvalue weighted by molar-refractivity contribution is 0.567. The highest BCUT2D eigenvalue weighted by Gasteiger charge is 2.19. The van der Waals surface area contributed by atoms with Crippen LogP contribution in [0.4, 0.5) is 17.8 Å². The van der Waals surface area contributed by atoms with Gasteiger partial charge in [0.15, 0.2) is 0 Å². The van der Waals surface area contributed by atoms with Gasteiger partial charge in [0.1, 0.15) is 0 Å². The van der Waals surface area contributed by atoms with Gasteiger partial charge in [-0.1, -0.05) is 0 Å². The number of hydrogen-bond acceptors (Lipinski definition) is 7. The van der Waals surface area contributed by atoms with Gasteiger partial charge in [0.25, 0.3) is 0 Å². The number of piperidine rings is 1. The molecule has 0 aromatic carbocycles. The minimum absolute atomic E-state index is 0.340. The summed E-state index contributed by atoms with van der Waals surface area (Å²) >= 11 is 2.00. The molecule has 2 fully saturated rings. The third-order valence-electron chi connectivity index (χ3n) is 3.77. The van der Waals surface area contributed by atoms with E-state index in [9.17, 15) is 0 Å². The fourth-order valence-corrected chi connectivity index (χ4v) is 3.58. The number of rotatable bonds is 2. The molecule has 3 rings (SSSR count). The molecule has 2 aliphatic heterocycles. The van der Waals surface area contributed by atoms with Crippen LogP contribution in [0.1, 0.15) is 25.7 Å². The molecule has 0 atom stereocenters. The second kappa shape index (κ2) is 6.47. The minimum Gasteiger partial charge on any atom is -0.368 e. The highest BCUT2D eigenvalue weighted by Crippen LogP contribution is 2.21. The molecule has 0 bridgehead atoms. The lowest BCUT2D eigenvalue weighted by Gasteiger charge is -2.28. The molecule has 110 valence electrons. The van der Waals surface area contributed by atoms with E-state index >= 15 is 0 Å². The van der Waals surface area contributed by atoms with Crippen molar-refractivity contribution in [1.82, 2.24) is 15.0 Å². The topological polar surface area (TPSA) is 71.2 Å². The summed E-state index contributed by atoms with van der Waals surface area (Å²) in [6, 6.07) is 0. The van der Waals surface area contributed by atoms with E-state index < -0.39 is 0 Å². The Morgan fingerprint density at radius 1 is 0.750 bits per heavy atom. The highest BCUT2D eigenvalue weighted by molar-refractivity contribution is 7.99. The van der Waals surface area contributed by atoms with Crippen LogP contribution < -0.4 is 15.5 Å². The number of anilines is 3. The lowest BCUT2D eigenvalue weighted by atomic mass is 10.1. The number of nitrogen functional groups attached to an aromatic ring is 1. The van der Waals surface area contributed by atoms with Crippen LogP contribution in [0.5, 0.6) is 0 Å². The fourth-order valence-electron chi connectivity index (χ4n) is 2.69. The maximum Gasteiger partial charge on any atom is 0.231 e. The van der Waals surface area contributed by atoms with Crippen LogP contribution in [0, 0.1) is 0 Å². The van der Waals surface area contributed by atoms with Crippen molar-refractivity contribution in [2.45, 2.75) is 25.7 Å². The third-order valence-corrected chi connectivity index (χ3v) is 4.82. The molecule has 0 aliphatic carbocycles. The average Bonchev–Trinajstić information content (AvgIpc) is 2.77. The van der Waals surface area contributed by atoms with E-state index in [2.05, 4.69) is 24.8 Å². The molecule has 0 radical (unpaired) electrons. The maximum atomic E-state index is 5.89. The van der Waals surface area contributed by atoms with Gasteiger partial charge in [-0.05, 0) is 31.4 Å². The molecule has 2 aliphatic rings. The van der Waals surface area contributed by atoms with Crippen molar-refractivity contribution in [3.63, 3.8) is 0 Å². The van der Waals surface area contributed by atoms with E-state index in [4.69, 9.17) is 5.73 Å². The van der Waals surface area contributed by atoms with Crippen molar-refractivity contribution in [2.75, 3.05) is 53.2 Å². The minimum atomic E-state index is 0.340. The van der Waals surface area contributed by atoms with Crippen LogP contribution in [-0.2, 0) is 0 Å². The van der Waals surface area contributed by atoms with Crippen LogP contribution in [0.2, 0.25) is 0 Å². The monoisotopic (exact) mass is 294 g/mol. The summed E-state index contributed by atoms with van der Waals surface area (Å²) in [4.78, 5) is 17.8. The Morgan fingerprint density at radius 3 is 2.15 bits per heavy atom. The van der Waals surface area contributed by atoms with Gasteiger partial charge in [0.05, 0.1) is 0 Å². The second-order valence-corrected chi connectivity index (χ2v) is 6.52. The van der Waals surface area contributed by atoms with E-state index in [1.807, 2.05) is 11.8 Å². The molecule has 7 heteroatoms. The van der Waals surface area contributed by atoms with E-state index in [0.29, 0.717) is 5.95 Å². The summed E-state index contributed by atoms with van der Waals surface area (Å²) in [6.07, 6.45) is 4.89. The zero-order chi connectivity index (χ0) is 13.8. The van der Waals surface area contributed by atoms with Crippen LogP contribution in [0.25, 0.3) is 0 Å². The lowest BCUT2D eigenvalue weighted by Crippen LogP contribution is -2.33. The van der Waals surface area contributed by atoms with Gasteiger partial charge < -0.3 is 15.5 Å². The number of hydrogen-bond donors (Lipinski definition) is 1. The number of aromatic nitrogens is 3. The summed E-state index contributed by atoms with van der Waals surface area (Å²) in [6.45, 7) is 4.06. The Labute approximate surface area is 124 Å². The summed E-state index contributed by atoms with van der Waals surface area (Å²) < 4.78 is 0. The molecule has 3 heterocycles. The molecule has 0 unspecified atom stereocenters. The van der Waals surface area contributed by atoms with Crippen molar-refractivity contribution in [2.24, 2.45) is 0 Å². The van der Waals surface area contributed by atoms with Crippen molar-refractivity contribution < 1.29 is 0 Å². The van der Waals surface area contributed by atoms with Crippen LogP contribution in [0.3, 0.4) is 0 Å². The van der Waals surface area contributed by atoms with Crippen molar-refractivity contribution in [3.05, 3.63) is 0 Å². The van der Waals surface area contributed by atoms with Crippen LogP contribution in [-0.4, -0.2) is 52.6 Å². The van der Waals surface area contributed by atoms with Crippen molar-refractivity contribution in [3.8, 4) is 0 Å². The van der Waals surface area contributed by atoms with E-state index in [0.717, 1.165) is 43.8 Å². The average molecular weight is 294 g/mol. The molecule has 6 nitrogen and oxygen atoms in total. The van der Waals surface area contributed by atoms with Gasteiger partial charge in [-0.2, -0.15) is 26.7 Å². The Kier molecular flexibility index (Phi) is 4.44. The molecule has 1 aromatic rings. The molecule has 0 amide bonds. The van der Waals surface area contributed by atoms with E-state index in [-0.39, 0.29) is 0 Å². The zero-order valence-electron chi connectivity index (χ0n) is 11.8. The Balaban J connectivity index is 1.81. The summed E-state index contributed by atoms with van der Waals surface area (Å²) in [5.74, 6) is 4.19. The Bertz CT molecular complexity index is 440. The summed E-state index contributed by atoms with van der Waals surface area (Å²) in [7, 11) is 0. The molecule has 2 N–H and O–H groups in total. The first-order chi connectivity index (χ1) is 9.83. The smallest absolute Gasteiger partial charge is 0.231 e. The van der Waals surface area contributed by atoms with E-state index in [1.165, 1.54) is 31.4 Å². The molecule has 1 aromatic heterocycles. The van der Waals surface area contributed by atoms with Gasteiger partial charge in [0, 0.05) is 31.9 Å².